The van der Waals surface area contributed by atoms with Crippen molar-refractivity contribution in [1.82, 2.24) is 0 Å². The Morgan fingerprint density at radius 3 is 2.37 bits per heavy atom. The van der Waals surface area contributed by atoms with Crippen LogP contribution in [0.2, 0.25) is 5.02 Å². The van der Waals surface area contributed by atoms with Gasteiger partial charge in [0.15, 0.2) is 17.4 Å². The predicted octanol–water partition coefficient (Wildman–Crippen LogP) is 4.80. The molecule has 0 aliphatic rings. The summed E-state index contributed by atoms with van der Waals surface area (Å²) in [6.07, 6.45) is 0. The summed E-state index contributed by atoms with van der Waals surface area (Å²) in [7, 11) is 0. The van der Waals surface area contributed by atoms with Crippen molar-refractivity contribution in [3.8, 4) is 11.1 Å². The number of carbonyl (C=O) groups is 1. The summed E-state index contributed by atoms with van der Waals surface area (Å²) < 4.78 is 27.4. The Balaban J connectivity index is 2.58. The molecule has 0 saturated heterocycles. The van der Waals surface area contributed by atoms with E-state index >= 15 is 0 Å². The number of halogens is 3. The van der Waals surface area contributed by atoms with Crippen molar-refractivity contribution in [2.24, 2.45) is 0 Å². The van der Waals surface area contributed by atoms with Gasteiger partial charge in [-0.2, -0.15) is 0 Å². The summed E-state index contributed by atoms with van der Waals surface area (Å²) in [4.78, 5) is 11.3. The van der Waals surface area contributed by atoms with Gasteiger partial charge in [0, 0.05) is 11.1 Å². The number of rotatable bonds is 2. The summed E-state index contributed by atoms with van der Waals surface area (Å²) in [6, 6.07) is 7.52. The Morgan fingerprint density at radius 2 is 1.79 bits per heavy atom. The van der Waals surface area contributed by atoms with Crippen molar-refractivity contribution in [1.29, 1.82) is 0 Å². The third kappa shape index (κ3) is 2.51. The van der Waals surface area contributed by atoms with Gasteiger partial charge >= 0.3 is 0 Å². The molecule has 1 nitrogen and oxygen atoms in total. The highest BCUT2D eigenvalue weighted by molar-refractivity contribution is 6.34. The van der Waals surface area contributed by atoms with E-state index in [4.69, 9.17) is 11.6 Å². The van der Waals surface area contributed by atoms with Crippen molar-refractivity contribution in [3.05, 3.63) is 58.1 Å². The molecule has 0 unspecified atom stereocenters. The average Bonchev–Trinajstić information content (AvgIpc) is 2.35. The molecule has 4 heteroatoms. The molecule has 0 atom stereocenters. The van der Waals surface area contributed by atoms with E-state index in [0.717, 1.165) is 0 Å². The lowest BCUT2D eigenvalue weighted by molar-refractivity contribution is 0.101. The van der Waals surface area contributed by atoms with Crippen molar-refractivity contribution in [2.45, 2.75) is 13.8 Å². The minimum atomic E-state index is -0.911. The molecule has 0 radical (unpaired) electrons. The molecule has 0 aliphatic heterocycles. The second-order valence-electron chi connectivity index (χ2n) is 4.31. The Hall–Kier alpha value is -1.74. The van der Waals surface area contributed by atoms with Crippen LogP contribution in [-0.2, 0) is 0 Å². The van der Waals surface area contributed by atoms with Gasteiger partial charge in [-0.25, -0.2) is 8.78 Å². The van der Waals surface area contributed by atoms with Crippen molar-refractivity contribution in [2.75, 3.05) is 0 Å². The van der Waals surface area contributed by atoms with Gasteiger partial charge in [-0.15, -0.1) is 0 Å². The van der Waals surface area contributed by atoms with Gasteiger partial charge in [0.25, 0.3) is 0 Å². The largest absolute Gasteiger partial charge is 0.294 e. The van der Waals surface area contributed by atoms with Crippen LogP contribution < -0.4 is 0 Å². The van der Waals surface area contributed by atoms with E-state index in [-0.39, 0.29) is 21.9 Å². The predicted molar refractivity (Wildman–Crippen MR) is 71.5 cm³/mol. The van der Waals surface area contributed by atoms with Crippen molar-refractivity contribution >= 4 is 17.4 Å². The van der Waals surface area contributed by atoms with E-state index in [1.54, 1.807) is 6.07 Å². The number of hydrogen-bond acceptors (Lipinski definition) is 1. The van der Waals surface area contributed by atoms with Gasteiger partial charge in [0.1, 0.15) is 0 Å². The van der Waals surface area contributed by atoms with Gasteiger partial charge in [-0.1, -0.05) is 29.8 Å². The zero-order valence-electron chi connectivity index (χ0n) is 10.4. The quantitative estimate of drug-likeness (QED) is 0.723. The monoisotopic (exact) mass is 280 g/mol. The van der Waals surface area contributed by atoms with Gasteiger partial charge in [-0.3, -0.25) is 4.79 Å². The molecule has 0 heterocycles. The third-order valence-electron chi connectivity index (χ3n) is 2.93. The van der Waals surface area contributed by atoms with Gasteiger partial charge < -0.3 is 0 Å². The van der Waals surface area contributed by atoms with Crippen LogP contribution in [0.25, 0.3) is 11.1 Å². The summed E-state index contributed by atoms with van der Waals surface area (Å²) in [5.41, 5.74) is 1.16. The molecule has 0 N–H and O–H groups in total. The third-order valence-corrected chi connectivity index (χ3v) is 3.25. The minimum absolute atomic E-state index is 0.125. The van der Waals surface area contributed by atoms with Crippen molar-refractivity contribution in [3.63, 3.8) is 0 Å². The van der Waals surface area contributed by atoms with Crippen LogP contribution in [-0.4, -0.2) is 5.78 Å². The molecule has 0 aromatic heterocycles. The number of benzene rings is 2. The highest BCUT2D eigenvalue weighted by Gasteiger charge is 2.14. The summed E-state index contributed by atoms with van der Waals surface area (Å²) >= 11 is 5.96. The summed E-state index contributed by atoms with van der Waals surface area (Å²) in [5.74, 6) is -1.96. The lowest BCUT2D eigenvalue weighted by Gasteiger charge is -2.08. The number of ketones is 1. The molecule has 0 spiro atoms. The van der Waals surface area contributed by atoms with Gasteiger partial charge in [-0.05, 0) is 37.1 Å². The summed E-state index contributed by atoms with van der Waals surface area (Å²) in [6.45, 7) is 2.89. The van der Waals surface area contributed by atoms with E-state index in [1.165, 1.54) is 38.1 Å². The fraction of sp³-hybridized carbons (Fsp3) is 0.133. The van der Waals surface area contributed by atoms with Gasteiger partial charge in [0.2, 0.25) is 0 Å². The zero-order valence-corrected chi connectivity index (χ0v) is 11.2. The number of Topliss-reactive ketones (excluding diaryl/α,β-unsaturated/α-hetero) is 1. The number of hydrogen-bond donors (Lipinski definition) is 0. The SMILES string of the molecule is CC(=O)c1ccc(-c2ccc(C)c(F)c2F)cc1Cl. The second kappa shape index (κ2) is 5.10. The van der Waals surface area contributed by atoms with E-state index in [1.807, 2.05) is 0 Å². The molecule has 2 aromatic rings. The molecular formula is C15H11ClF2O. The average molecular weight is 281 g/mol. The van der Waals surface area contributed by atoms with E-state index in [9.17, 15) is 13.6 Å². The maximum atomic E-state index is 13.9. The lowest BCUT2D eigenvalue weighted by Crippen LogP contribution is -1.96. The highest BCUT2D eigenvalue weighted by atomic mass is 35.5. The molecule has 19 heavy (non-hydrogen) atoms. The maximum Gasteiger partial charge on any atom is 0.166 e. The van der Waals surface area contributed by atoms with Crippen LogP contribution in [0.5, 0.6) is 0 Å². The zero-order chi connectivity index (χ0) is 14.2. The Morgan fingerprint density at radius 1 is 1.11 bits per heavy atom. The fourth-order valence-electron chi connectivity index (χ4n) is 1.84. The van der Waals surface area contributed by atoms with E-state index < -0.39 is 11.6 Å². The molecular weight excluding hydrogens is 270 g/mol. The minimum Gasteiger partial charge on any atom is -0.294 e. The first-order chi connectivity index (χ1) is 8.91. The first kappa shape index (κ1) is 13.7. The number of carbonyl (C=O) groups excluding carboxylic acids is 1. The van der Waals surface area contributed by atoms with Crippen molar-refractivity contribution < 1.29 is 13.6 Å². The fourth-order valence-corrected chi connectivity index (χ4v) is 2.15. The molecule has 2 rings (SSSR count). The Labute approximate surface area is 114 Å². The van der Waals surface area contributed by atoms with Crippen LogP contribution in [0.4, 0.5) is 8.78 Å². The van der Waals surface area contributed by atoms with E-state index in [0.29, 0.717) is 11.1 Å². The molecule has 0 saturated carbocycles. The van der Waals surface area contributed by atoms with Crippen LogP contribution in [0.15, 0.2) is 30.3 Å². The Bertz CT molecular complexity index is 665. The first-order valence-electron chi connectivity index (χ1n) is 5.67. The standard InChI is InChI=1S/C15H11ClF2O/c1-8-3-5-12(15(18)14(8)17)10-4-6-11(9(2)19)13(16)7-10/h3-7H,1-2H3. The van der Waals surface area contributed by atoms with Crippen LogP contribution in [0.3, 0.4) is 0 Å². The molecule has 0 aliphatic carbocycles. The molecule has 0 fully saturated rings. The van der Waals surface area contributed by atoms with Crippen LogP contribution in [0.1, 0.15) is 22.8 Å². The summed E-state index contributed by atoms with van der Waals surface area (Å²) in [5, 5.41) is 0.227. The van der Waals surface area contributed by atoms with Crippen LogP contribution >= 0.6 is 11.6 Å². The molecule has 0 amide bonds. The Kier molecular flexibility index (Phi) is 3.67. The highest BCUT2D eigenvalue weighted by Crippen LogP contribution is 2.29. The molecule has 98 valence electrons. The van der Waals surface area contributed by atoms with E-state index in [2.05, 4.69) is 0 Å². The number of aryl methyl sites for hydroxylation is 1. The van der Waals surface area contributed by atoms with Crippen LogP contribution in [0, 0.1) is 18.6 Å². The topological polar surface area (TPSA) is 17.1 Å². The van der Waals surface area contributed by atoms with Gasteiger partial charge in [0.05, 0.1) is 5.02 Å². The second-order valence-corrected chi connectivity index (χ2v) is 4.72. The normalized spacial score (nSPS) is 10.6. The molecule has 0 bridgehead atoms. The smallest absolute Gasteiger partial charge is 0.166 e. The molecule has 2 aromatic carbocycles. The first-order valence-corrected chi connectivity index (χ1v) is 6.05. The maximum absolute atomic E-state index is 13.9. The lowest BCUT2D eigenvalue weighted by atomic mass is 10.0.